The number of anilines is 1. The van der Waals surface area contributed by atoms with Crippen molar-refractivity contribution in [2.45, 2.75) is 0 Å². The van der Waals surface area contributed by atoms with Crippen LogP contribution < -0.4 is 5.32 Å². The third kappa shape index (κ3) is 3.49. The van der Waals surface area contributed by atoms with Crippen LogP contribution in [0, 0.1) is 11.6 Å². The Morgan fingerprint density at radius 1 is 1.25 bits per heavy atom. The molecule has 0 unspecified atom stereocenters. The maximum absolute atomic E-state index is 13.0. The number of rotatable bonds is 3. The van der Waals surface area contributed by atoms with Crippen molar-refractivity contribution < 1.29 is 23.5 Å². The van der Waals surface area contributed by atoms with Gasteiger partial charge in [0.05, 0.1) is 5.69 Å². The van der Waals surface area contributed by atoms with Crippen LogP contribution in [0.3, 0.4) is 0 Å². The number of carboxylic acids is 1. The fraction of sp³-hybridized carbons (Fsp3) is 0. The van der Waals surface area contributed by atoms with Gasteiger partial charge in [-0.3, -0.25) is 4.79 Å². The summed E-state index contributed by atoms with van der Waals surface area (Å²) in [5, 5.41) is 10.2. The molecule has 0 spiro atoms. The lowest BCUT2D eigenvalue weighted by Gasteiger charge is -2.03. The second kappa shape index (κ2) is 5.01. The highest BCUT2D eigenvalue weighted by atomic mass is 19.1. The highest BCUT2D eigenvalue weighted by Gasteiger charge is 2.06. The van der Waals surface area contributed by atoms with Gasteiger partial charge in [-0.05, 0) is 12.1 Å². The first-order chi connectivity index (χ1) is 7.49. The van der Waals surface area contributed by atoms with Crippen LogP contribution in [0.15, 0.2) is 30.4 Å². The zero-order chi connectivity index (χ0) is 12.1. The van der Waals surface area contributed by atoms with E-state index in [9.17, 15) is 18.4 Å². The average molecular weight is 227 g/mol. The molecule has 1 aromatic carbocycles. The van der Waals surface area contributed by atoms with Gasteiger partial charge in [0, 0.05) is 18.2 Å². The number of hydrogen-bond donors (Lipinski definition) is 2. The Morgan fingerprint density at radius 3 is 2.56 bits per heavy atom. The summed E-state index contributed by atoms with van der Waals surface area (Å²) >= 11 is 0. The molecule has 0 aliphatic rings. The Hall–Kier alpha value is -2.24. The van der Waals surface area contributed by atoms with Gasteiger partial charge in [0.2, 0.25) is 5.91 Å². The topological polar surface area (TPSA) is 66.4 Å². The van der Waals surface area contributed by atoms with Gasteiger partial charge in [-0.25, -0.2) is 13.6 Å². The molecule has 2 N–H and O–H groups in total. The largest absolute Gasteiger partial charge is 0.478 e. The minimum absolute atomic E-state index is 0.347. The maximum Gasteiger partial charge on any atom is 0.328 e. The highest BCUT2D eigenvalue weighted by molar-refractivity contribution is 6.02. The fourth-order valence-electron chi connectivity index (χ4n) is 0.915. The van der Waals surface area contributed by atoms with E-state index in [1.165, 1.54) is 0 Å². The molecule has 16 heavy (non-hydrogen) atoms. The molecule has 1 aromatic rings. The number of carboxylic acid groups (broad SMARTS) is 1. The van der Waals surface area contributed by atoms with Crippen LogP contribution in [-0.2, 0) is 9.59 Å². The van der Waals surface area contributed by atoms with E-state index in [4.69, 9.17) is 5.11 Å². The van der Waals surface area contributed by atoms with Crippen LogP contribution in [0.5, 0.6) is 0 Å². The molecule has 0 radical (unpaired) electrons. The Bertz CT molecular complexity index is 457. The SMILES string of the molecule is O=C(O)C=CC(=O)Nc1cc(F)ccc1F. The standard InChI is InChI=1S/C10H7F2NO3/c11-6-1-2-7(12)8(5-6)13-9(14)3-4-10(15)16/h1-5H,(H,13,14)(H,15,16). The molecule has 1 amide bonds. The lowest BCUT2D eigenvalue weighted by Crippen LogP contribution is -2.10. The number of carbonyl (C=O) groups excluding carboxylic acids is 1. The first kappa shape index (κ1) is 11.8. The Morgan fingerprint density at radius 2 is 1.94 bits per heavy atom. The zero-order valence-corrected chi connectivity index (χ0v) is 7.91. The van der Waals surface area contributed by atoms with Gasteiger partial charge in [0.1, 0.15) is 11.6 Å². The number of benzene rings is 1. The summed E-state index contributed by atoms with van der Waals surface area (Å²) in [5.41, 5.74) is -0.347. The van der Waals surface area contributed by atoms with Crippen molar-refractivity contribution in [3.8, 4) is 0 Å². The van der Waals surface area contributed by atoms with Crippen LogP contribution in [0.1, 0.15) is 0 Å². The summed E-state index contributed by atoms with van der Waals surface area (Å²) in [6.45, 7) is 0. The van der Waals surface area contributed by atoms with Crippen LogP contribution in [0.4, 0.5) is 14.5 Å². The third-order valence-corrected chi connectivity index (χ3v) is 1.56. The Balaban J connectivity index is 2.77. The van der Waals surface area contributed by atoms with Gasteiger partial charge >= 0.3 is 5.97 Å². The van der Waals surface area contributed by atoms with Gasteiger partial charge in [-0.2, -0.15) is 0 Å². The van der Waals surface area contributed by atoms with E-state index in [0.29, 0.717) is 12.2 Å². The van der Waals surface area contributed by atoms with Gasteiger partial charge in [-0.15, -0.1) is 0 Å². The molecule has 0 fully saturated rings. The predicted octanol–water partition coefficient (Wildman–Crippen LogP) is 1.54. The van der Waals surface area contributed by atoms with Crippen molar-refractivity contribution >= 4 is 17.6 Å². The number of nitrogens with one attached hydrogen (secondary N) is 1. The molecule has 0 heterocycles. The van der Waals surface area contributed by atoms with Crippen molar-refractivity contribution in [3.05, 3.63) is 42.0 Å². The molecule has 0 saturated heterocycles. The number of halogens is 2. The van der Waals surface area contributed by atoms with E-state index >= 15 is 0 Å². The summed E-state index contributed by atoms with van der Waals surface area (Å²) < 4.78 is 25.7. The Labute approximate surface area is 89.2 Å². The molecular weight excluding hydrogens is 220 g/mol. The van der Waals surface area contributed by atoms with Crippen molar-refractivity contribution in [2.75, 3.05) is 5.32 Å². The van der Waals surface area contributed by atoms with Crippen molar-refractivity contribution in [2.24, 2.45) is 0 Å². The molecule has 0 saturated carbocycles. The van der Waals surface area contributed by atoms with E-state index in [1.54, 1.807) is 0 Å². The molecule has 0 aliphatic heterocycles. The summed E-state index contributed by atoms with van der Waals surface area (Å²) in [6, 6.07) is 2.55. The number of amides is 1. The lowest BCUT2D eigenvalue weighted by molar-refractivity contribution is -0.131. The number of aliphatic carboxylic acids is 1. The first-order valence-corrected chi connectivity index (χ1v) is 4.16. The number of hydrogen-bond acceptors (Lipinski definition) is 2. The van der Waals surface area contributed by atoms with E-state index in [0.717, 1.165) is 18.2 Å². The lowest BCUT2D eigenvalue weighted by atomic mass is 10.3. The van der Waals surface area contributed by atoms with E-state index in [1.807, 2.05) is 5.32 Å². The van der Waals surface area contributed by atoms with Crippen LogP contribution in [0.2, 0.25) is 0 Å². The normalized spacial score (nSPS) is 10.4. The fourth-order valence-corrected chi connectivity index (χ4v) is 0.915. The molecular formula is C10H7F2NO3. The van der Waals surface area contributed by atoms with E-state index in [2.05, 4.69) is 0 Å². The monoisotopic (exact) mass is 227 g/mol. The summed E-state index contributed by atoms with van der Waals surface area (Å²) in [5.74, 6) is -3.68. The minimum atomic E-state index is -1.31. The third-order valence-electron chi connectivity index (χ3n) is 1.56. The van der Waals surface area contributed by atoms with Crippen LogP contribution in [-0.4, -0.2) is 17.0 Å². The van der Waals surface area contributed by atoms with Crippen molar-refractivity contribution in [1.29, 1.82) is 0 Å². The van der Waals surface area contributed by atoms with Gasteiger partial charge in [0.15, 0.2) is 0 Å². The molecule has 1 rings (SSSR count). The molecule has 6 heteroatoms. The molecule has 4 nitrogen and oxygen atoms in total. The first-order valence-electron chi connectivity index (χ1n) is 4.16. The van der Waals surface area contributed by atoms with Gasteiger partial charge in [-0.1, -0.05) is 0 Å². The van der Waals surface area contributed by atoms with Crippen molar-refractivity contribution in [1.82, 2.24) is 0 Å². The van der Waals surface area contributed by atoms with Gasteiger partial charge < -0.3 is 10.4 Å². The molecule has 0 aliphatic carbocycles. The summed E-state index contributed by atoms with van der Waals surface area (Å²) in [4.78, 5) is 21.1. The molecule has 84 valence electrons. The quantitative estimate of drug-likeness (QED) is 0.770. The highest BCUT2D eigenvalue weighted by Crippen LogP contribution is 2.14. The molecule has 0 aromatic heterocycles. The average Bonchev–Trinajstić information content (AvgIpc) is 2.20. The van der Waals surface area contributed by atoms with Crippen molar-refractivity contribution in [3.63, 3.8) is 0 Å². The zero-order valence-electron chi connectivity index (χ0n) is 7.91. The minimum Gasteiger partial charge on any atom is -0.478 e. The predicted molar refractivity (Wildman–Crippen MR) is 51.8 cm³/mol. The maximum atomic E-state index is 13.0. The Kier molecular flexibility index (Phi) is 3.71. The second-order valence-corrected chi connectivity index (χ2v) is 2.78. The van der Waals surface area contributed by atoms with Gasteiger partial charge in [0.25, 0.3) is 0 Å². The molecule has 0 bridgehead atoms. The van der Waals surface area contributed by atoms with E-state index < -0.39 is 23.5 Å². The molecule has 0 atom stereocenters. The number of carbonyl (C=O) groups is 2. The summed E-state index contributed by atoms with van der Waals surface area (Å²) in [7, 11) is 0. The summed E-state index contributed by atoms with van der Waals surface area (Å²) in [6.07, 6.45) is 1.29. The van der Waals surface area contributed by atoms with Crippen LogP contribution in [0.25, 0.3) is 0 Å². The van der Waals surface area contributed by atoms with Crippen LogP contribution >= 0.6 is 0 Å². The second-order valence-electron chi connectivity index (χ2n) is 2.78. The van der Waals surface area contributed by atoms with E-state index in [-0.39, 0.29) is 5.69 Å². The smallest absolute Gasteiger partial charge is 0.328 e.